The Morgan fingerprint density at radius 3 is 2.36 bits per heavy atom. The van der Waals surface area contributed by atoms with Crippen molar-refractivity contribution in [2.45, 2.75) is 13.8 Å². The molecule has 1 aromatic heterocycles. The SMILES string of the molecule is CCN(CC)CCOC(=O)c1cc2cc(Br)c(OC)c(OC)c2o1.Cl. The molecule has 0 N–H and O–H groups in total. The van der Waals surface area contributed by atoms with Gasteiger partial charge in [-0.15, -0.1) is 12.4 Å². The van der Waals surface area contributed by atoms with Crippen LogP contribution >= 0.6 is 28.3 Å². The number of carbonyl (C=O) groups is 1. The maximum absolute atomic E-state index is 12.2. The summed E-state index contributed by atoms with van der Waals surface area (Å²) in [6.07, 6.45) is 0. The zero-order valence-corrected chi connectivity index (χ0v) is 17.2. The number of furan rings is 1. The lowest BCUT2D eigenvalue weighted by atomic mass is 10.2. The maximum Gasteiger partial charge on any atom is 0.374 e. The van der Waals surface area contributed by atoms with Gasteiger partial charge in [0.15, 0.2) is 11.3 Å². The smallest absolute Gasteiger partial charge is 0.374 e. The van der Waals surface area contributed by atoms with E-state index >= 15 is 0 Å². The molecule has 0 saturated carbocycles. The van der Waals surface area contributed by atoms with Crippen LogP contribution in [0.4, 0.5) is 0 Å². The van der Waals surface area contributed by atoms with E-state index in [9.17, 15) is 4.79 Å². The van der Waals surface area contributed by atoms with Gasteiger partial charge in [0.25, 0.3) is 0 Å². The van der Waals surface area contributed by atoms with Gasteiger partial charge in [-0.2, -0.15) is 0 Å². The molecule has 0 spiro atoms. The van der Waals surface area contributed by atoms with Gasteiger partial charge in [0.1, 0.15) is 6.61 Å². The van der Waals surface area contributed by atoms with Gasteiger partial charge in [-0.25, -0.2) is 4.79 Å². The highest BCUT2D eigenvalue weighted by atomic mass is 79.9. The molecule has 0 aliphatic rings. The molecule has 2 aromatic rings. The number of fused-ring (bicyclic) bond motifs is 1. The molecule has 0 unspecified atom stereocenters. The van der Waals surface area contributed by atoms with Crippen molar-refractivity contribution >= 4 is 45.3 Å². The van der Waals surface area contributed by atoms with E-state index in [1.807, 2.05) is 6.07 Å². The number of ether oxygens (including phenoxy) is 3. The minimum Gasteiger partial charge on any atom is -0.492 e. The zero-order chi connectivity index (χ0) is 17.7. The molecule has 0 bridgehead atoms. The standard InChI is InChI=1S/C17H22BrNO5.ClH/c1-5-19(6-2)7-8-23-17(20)13-10-11-9-12(18)15(21-3)16(22-4)14(11)24-13;/h9-10H,5-8H2,1-4H3;1H. The summed E-state index contributed by atoms with van der Waals surface area (Å²) in [5, 5.41) is 0.732. The molecule has 1 aromatic carbocycles. The second kappa shape index (κ2) is 9.89. The van der Waals surface area contributed by atoms with Crippen LogP contribution in [0.25, 0.3) is 11.0 Å². The van der Waals surface area contributed by atoms with Gasteiger partial charge in [0.05, 0.1) is 18.7 Å². The Kier molecular flexibility index (Phi) is 8.55. The molecule has 0 fully saturated rings. The molecular weight excluding hydrogens is 414 g/mol. The largest absolute Gasteiger partial charge is 0.492 e. The Morgan fingerprint density at radius 2 is 1.80 bits per heavy atom. The van der Waals surface area contributed by atoms with E-state index in [0.29, 0.717) is 30.2 Å². The summed E-state index contributed by atoms with van der Waals surface area (Å²) >= 11 is 3.42. The number of carbonyl (C=O) groups excluding carboxylic acids is 1. The minimum absolute atomic E-state index is 0. The molecule has 0 atom stereocenters. The van der Waals surface area contributed by atoms with Crippen LogP contribution in [0.2, 0.25) is 0 Å². The summed E-state index contributed by atoms with van der Waals surface area (Å²) in [5.41, 5.74) is 0.452. The number of benzene rings is 1. The first kappa shape index (κ1) is 21.6. The molecule has 0 radical (unpaired) electrons. The van der Waals surface area contributed by atoms with E-state index in [1.54, 1.807) is 13.2 Å². The average Bonchev–Trinajstić information content (AvgIpc) is 3.00. The summed E-state index contributed by atoms with van der Waals surface area (Å²) in [4.78, 5) is 14.4. The Morgan fingerprint density at radius 1 is 1.16 bits per heavy atom. The topological polar surface area (TPSA) is 61.1 Å². The highest BCUT2D eigenvalue weighted by molar-refractivity contribution is 9.10. The van der Waals surface area contributed by atoms with Crippen molar-refractivity contribution in [3.8, 4) is 11.5 Å². The first-order chi connectivity index (χ1) is 11.5. The van der Waals surface area contributed by atoms with E-state index in [4.69, 9.17) is 18.6 Å². The summed E-state index contributed by atoms with van der Waals surface area (Å²) in [7, 11) is 3.06. The van der Waals surface area contributed by atoms with Gasteiger partial charge in [-0.3, -0.25) is 0 Å². The van der Waals surface area contributed by atoms with Crippen molar-refractivity contribution < 1.29 is 23.4 Å². The third kappa shape index (κ3) is 4.80. The molecule has 1 heterocycles. The Balaban J connectivity index is 0.00000312. The number of methoxy groups -OCH3 is 2. The molecule has 6 nitrogen and oxygen atoms in total. The second-order valence-corrected chi connectivity index (χ2v) is 5.97. The van der Waals surface area contributed by atoms with E-state index < -0.39 is 5.97 Å². The van der Waals surface area contributed by atoms with Gasteiger partial charge in [0, 0.05) is 11.9 Å². The monoisotopic (exact) mass is 435 g/mol. The molecule has 0 amide bonds. The van der Waals surface area contributed by atoms with E-state index in [0.717, 1.165) is 22.9 Å². The number of nitrogens with zero attached hydrogens (tertiary/aromatic N) is 1. The summed E-state index contributed by atoms with van der Waals surface area (Å²) in [5.74, 6) is 0.600. The number of hydrogen-bond donors (Lipinski definition) is 0. The van der Waals surface area contributed by atoms with E-state index in [1.165, 1.54) is 7.11 Å². The molecular formula is C17H23BrClNO5. The minimum atomic E-state index is -0.490. The van der Waals surface area contributed by atoms with Crippen molar-refractivity contribution in [2.24, 2.45) is 0 Å². The summed E-state index contributed by atoms with van der Waals surface area (Å²) in [6.45, 7) is 7.00. The first-order valence-corrected chi connectivity index (χ1v) is 8.58. The van der Waals surface area contributed by atoms with Gasteiger partial charge in [-0.1, -0.05) is 13.8 Å². The molecule has 25 heavy (non-hydrogen) atoms. The number of halogens is 2. The van der Waals surface area contributed by atoms with Crippen LogP contribution in [0, 0.1) is 0 Å². The maximum atomic E-state index is 12.2. The van der Waals surface area contributed by atoms with E-state index in [2.05, 4.69) is 34.7 Å². The van der Waals surface area contributed by atoms with Crippen LogP contribution < -0.4 is 9.47 Å². The lowest BCUT2D eigenvalue weighted by Gasteiger charge is -2.17. The van der Waals surface area contributed by atoms with Crippen LogP contribution in [0.15, 0.2) is 21.0 Å². The molecule has 0 aliphatic carbocycles. The van der Waals surface area contributed by atoms with Gasteiger partial charge in [0.2, 0.25) is 11.5 Å². The highest BCUT2D eigenvalue weighted by Gasteiger charge is 2.21. The van der Waals surface area contributed by atoms with Crippen LogP contribution in [0.1, 0.15) is 24.4 Å². The Labute approximate surface area is 161 Å². The van der Waals surface area contributed by atoms with Crippen LogP contribution in [-0.2, 0) is 4.74 Å². The van der Waals surface area contributed by atoms with E-state index in [-0.39, 0.29) is 18.2 Å². The fourth-order valence-corrected chi connectivity index (χ4v) is 3.05. The zero-order valence-electron chi connectivity index (χ0n) is 14.8. The third-order valence-electron chi connectivity index (χ3n) is 3.82. The predicted molar refractivity (Wildman–Crippen MR) is 102 cm³/mol. The lowest BCUT2D eigenvalue weighted by Crippen LogP contribution is -2.27. The molecule has 140 valence electrons. The number of esters is 1. The van der Waals surface area contributed by atoms with Crippen molar-refractivity contribution in [1.29, 1.82) is 0 Å². The summed E-state index contributed by atoms with van der Waals surface area (Å²) < 4.78 is 22.3. The lowest BCUT2D eigenvalue weighted by molar-refractivity contribution is 0.0433. The van der Waals surface area contributed by atoms with Crippen molar-refractivity contribution in [1.82, 2.24) is 4.90 Å². The molecule has 8 heteroatoms. The third-order valence-corrected chi connectivity index (χ3v) is 4.41. The van der Waals surface area contributed by atoms with Gasteiger partial charge < -0.3 is 23.5 Å². The number of likely N-dealkylation sites (N-methyl/N-ethyl adjacent to an activating group) is 1. The Hall–Kier alpha value is -1.44. The second-order valence-electron chi connectivity index (χ2n) is 5.12. The summed E-state index contributed by atoms with van der Waals surface area (Å²) in [6, 6.07) is 3.45. The molecule has 2 rings (SSSR count). The van der Waals surface area contributed by atoms with Gasteiger partial charge in [-0.05, 0) is 41.2 Å². The quantitative estimate of drug-likeness (QED) is 0.580. The van der Waals surface area contributed by atoms with Crippen molar-refractivity contribution in [2.75, 3.05) is 40.5 Å². The van der Waals surface area contributed by atoms with Crippen molar-refractivity contribution in [3.63, 3.8) is 0 Å². The average molecular weight is 437 g/mol. The molecule has 0 saturated heterocycles. The fourth-order valence-electron chi connectivity index (χ4n) is 2.46. The van der Waals surface area contributed by atoms with Gasteiger partial charge >= 0.3 is 5.97 Å². The number of hydrogen-bond acceptors (Lipinski definition) is 6. The van der Waals surface area contributed by atoms with Crippen LogP contribution in [-0.4, -0.2) is 51.3 Å². The highest BCUT2D eigenvalue weighted by Crippen LogP contribution is 2.42. The fraction of sp³-hybridized carbons (Fsp3) is 0.471. The van der Waals surface area contributed by atoms with Crippen LogP contribution in [0.5, 0.6) is 11.5 Å². The van der Waals surface area contributed by atoms with Crippen molar-refractivity contribution in [3.05, 3.63) is 22.4 Å². The van der Waals surface area contributed by atoms with Crippen LogP contribution in [0.3, 0.4) is 0 Å². The predicted octanol–water partition coefficient (Wildman–Crippen LogP) is 4.13. The normalized spacial score (nSPS) is 10.6. The Bertz CT molecular complexity index is 715. The first-order valence-electron chi connectivity index (χ1n) is 7.79. The molecule has 0 aliphatic heterocycles. The number of rotatable bonds is 8.